The Labute approximate surface area is 128 Å². The summed E-state index contributed by atoms with van der Waals surface area (Å²) in [6, 6.07) is 7.21. The first-order valence-electron chi connectivity index (χ1n) is 6.07. The number of carboxylic acids is 1. The molecule has 5 nitrogen and oxygen atoms in total. The molecule has 7 heteroatoms. The summed E-state index contributed by atoms with van der Waals surface area (Å²) >= 11 is 2.30. The maximum atomic E-state index is 11.6. The molecule has 0 aliphatic carbocycles. The van der Waals surface area contributed by atoms with Crippen LogP contribution in [0.25, 0.3) is 0 Å². The number of aliphatic carboxylic acids is 1. The molecule has 0 bridgehead atoms. The SMILES string of the molecule is COc1ccc([C@@H]2C(C(=O)O)=CSc3[nH]c(=O)sc32)cc1. The van der Waals surface area contributed by atoms with Crippen molar-refractivity contribution < 1.29 is 14.6 Å². The number of ether oxygens (including phenoxy) is 1. The van der Waals surface area contributed by atoms with E-state index in [9.17, 15) is 14.7 Å². The number of nitrogens with one attached hydrogen (secondary N) is 1. The summed E-state index contributed by atoms with van der Waals surface area (Å²) in [6.45, 7) is 0. The molecule has 1 aliphatic heterocycles. The Kier molecular flexibility index (Phi) is 3.60. The van der Waals surface area contributed by atoms with Gasteiger partial charge in [0.25, 0.3) is 0 Å². The zero-order valence-corrected chi connectivity index (χ0v) is 12.6. The number of thiazole rings is 1. The van der Waals surface area contributed by atoms with Crippen LogP contribution in [0, 0.1) is 0 Å². The molecular weight excluding hydrogens is 310 g/mol. The fourth-order valence-corrected chi connectivity index (χ4v) is 4.32. The Morgan fingerprint density at radius 1 is 1.33 bits per heavy atom. The highest BCUT2D eigenvalue weighted by molar-refractivity contribution is 8.02. The average Bonchev–Trinajstić information content (AvgIpc) is 2.86. The van der Waals surface area contributed by atoms with Gasteiger partial charge in [0.15, 0.2) is 0 Å². The van der Waals surface area contributed by atoms with Gasteiger partial charge in [0, 0.05) is 0 Å². The summed E-state index contributed by atoms with van der Waals surface area (Å²) in [5.41, 5.74) is 1.09. The lowest BCUT2D eigenvalue weighted by molar-refractivity contribution is -0.132. The van der Waals surface area contributed by atoms with Gasteiger partial charge in [-0.25, -0.2) is 4.79 Å². The van der Waals surface area contributed by atoms with Crippen molar-refractivity contribution in [1.82, 2.24) is 4.98 Å². The average molecular weight is 321 g/mol. The molecule has 0 saturated heterocycles. The number of carbonyl (C=O) groups is 1. The van der Waals surface area contributed by atoms with Crippen molar-refractivity contribution >= 4 is 29.1 Å². The molecule has 21 heavy (non-hydrogen) atoms. The molecule has 1 aromatic heterocycles. The van der Waals surface area contributed by atoms with Crippen molar-refractivity contribution in [1.29, 1.82) is 0 Å². The van der Waals surface area contributed by atoms with E-state index >= 15 is 0 Å². The van der Waals surface area contributed by atoms with Gasteiger partial charge in [0.05, 0.1) is 28.5 Å². The topological polar surface area (TPSA) is 79.4 Å². The van der Waals surface area contributed by atoms with E-state index in [4.69, 9.17) is 4.74 Å². The first-order chi connectivity index (χ1) is 10.1. The van der Waals surface area contributed by atoms with E-state index in [0.29, 0.717) is 5.75 Å². The number of thioether (sulfide) groups is 1. The lowest BCUT2D eigenvalue weighted by Crippen LogP contribution is -2.14. The summed E-state index contributed by atoms with van der Waals surface area (Å²) in [7, 11) is 1.57. The van der Waals surface area contributed by atoms with Gasteiger partial charge in [-0.15, -0.1) is 0 Å². The van der Waals surface area contributed by atoms with Gasteiger partial charge in [-0.3, -0.25) is 4.79 Å². The zero-order valence-electron chi connectivity index (χ0n) is 11.0. The second kappa shape index (κ2) is 5.42. The fourth-order valence-electron chi connectivity index (χ4n) is 2.24. The molecule has 1 atom stereocenters. The maximum Gasteiger partial charge on any atom is 0.333 e. The predicted octanol–water partition coefficient (Wildman–Crippen LogP) is 2.65. The van der Waals surface area contributed by atoms with E-state index < -0.39 is 11.9 Å². The van der Waals surface area contributed by atoms with Crippen LogP contribution in [-0.2, 0) is 4.79 Å². The molecular formula is C14H11NO4S2. The molecule has 0 amide bonds. The highest BCUT2D eigenvalue weighted by Crippen LogP contribution is 2.44. The number of carboxylic acid groups (broad SMARTS) is 1. The molecule has 108 valence electrons. The fraction of sp³-hybridized carbons (Fsp3) is 0.143. The molecule has 2 N–H and O–H groups in total. The van der Waals surface area contributed by atoms with Crippen molar-refractivity contribution in [2.24, 2.45) is 0 Å². The van der Waals surface area contributed by atoms with E-state index in [1.165, 1.54) is 11.8 Å². The minimum absolute atomic E-state index is 0.175. The van der Waals surface area contributed by atoms with Gasteiger partial charge in [-0.1, -0.05) is 35.2 Å². The van der Waals surface area contributed by atoms with Crippen LogP contribution in [0.1, 0.15) is 16.4 Å². The summed E-state index contributed by atoms with van der Waals surface area (Å²) in [5, 5.41) is 11.7. The van der Waals surface area contributed by atoms with Crippen molar-refractivity contribution in [3.05, 3.63) is 55.4 Å². The third-order valence-corrected chi connectivity index (χ3v) is 5.22. The van der Waals surface area contributed by atoms with E-state index in [-0.39, 0.29) is 10.4 Å². The number of hydrogen-bond donors (Lipinski definition) is 2. The first-order valence-corrected chi connectivity index (χ1v) is 7.76. The van der Waals surface area contributed by atoms with Crippen LogP contribution in [0.5, 0.6) is 5.75 Å². The Morgan fingerprint density at radius 2 is 2.05 bits per heavy atom. The van der Waals surface area contributed by atoms with Crippen molar-refractivity contribution in [3.63, 3.8) is 0 Å². The molecule has 1 aromatic carbocycles. The van der Waals surface area contributed by atoms with Gasteiger partial charge >= 0.3 is 10.8 Å². The molecule has 3 rings (SSSR count). The molecule has 2 heterocycles. The van der Waals surface area contributed by atoms with Crippen molar-refractivity contribution in [2.75, 3.05) is 7.11 Å². The van der Waals surface area contributed by atoms with Crippen LogP contribution in [0.4, 0.5) is 0 Å². The minimum Gasteiger partial charge on any atom is -0.497 e. The zero-order chi connectivity index (χ0) is 15.0. The number of aromatic amines is 1. The largest absolute Gasteiger partial charge is 0.497 e. The number of hydrogen-bond acceptors (Lipinski definition) is 5. The Bertz CT molecular complexity index is 773. The van der Waals surface area contributed by atoms with Crippen molar-refractivity contribution in [3.8, 4) is 5.75 Å². The second-order valence-electron chi connectivity index (χ2n) is 4.41. The van der Waals surface area contributed by atoms with Gasteiger partial charge in [-0.05, 0) is 23.1 Å². The third kappa shape index (κ3) is 2.50. The van der Waals surface area contributed by atoms with Crippen LogP contribution in [0.15, 0.2) is 45.1 Å². The summed E-state index contributed by atoms with van der Waals surface area (Å²) < 4.78 is 5.12. The van der Waals surface area contributed by atoms with Gasteiger partial charge in [0.1, 0.15) is 5.75 Å². The molecule has 1 aliphatic rings. The van der Waals surface area contributed by atoms with E-state index in [1.54, 1.807) is 24.7 Å². The van der Waals surface area contributed by atoms with E-state index in [1.807, 2.05) is 12.1 Å². The second-order valence-corrected chi connectivity index (χ2v) is 6.30. The molecule has 0 spiro atoms. The highest BCUT2D eigenvalue weighted by atomic mass is 32.2. The third-order valence-electron chi connectivity index (χ3n) is 3.22. The molecule has 0 saturated carbocycles. The first kappa shape index (κ1) is 14.0. The van der Waals surface area contributed by atoms with E-state index in [0.717, 1.165) is 26.8 Å². The lowest BCUT2D eigenvalue weighted by atomic mass is 9.90. The monoisotopic (exact) mass is 321 g/mol. The van der Waals surface area contributed by atoms with E-state index in [2.05, 4.69) is 4.98 Å². The Morgan fingerprint density at radius 3 is 2.67 bits per heavy atom. The van der Waals surface area contributed by atoms with Gasteiger partial charge < -0.3 is 14.8 Å². The number of H-pyrrole nitrogens is 1. The molecule has 2 aromatic rings. The summed E-state index contributed by atoms with van der Waals surface area (Å²) in [5.74, 6) is -0.712. The summed E-state index contributed by atoms with van der Waals surface area (Å²) in [6.07, 6.45) is 0. The summed E-state index contributed by atoms with van der Waals surface area (Å²) in [4.78, 5) is 26.4. The van der Waals surface area contributed by atoms with Crippen LogP contribution in [0.3, 0.4) is 0 Å². The van der Waals surface area contributed by atoms with Crippen LogP contribution < -0.4 is 9.61 Å². The van der Waals surface area contributed by atoms with Gasteiger partial charge in [-0.2, -0.15) is 0 Å². The lowest BCUT2D eigenvalue weighted by Gasteiger charge is -2.21. The number of rotatable bonds is 3. The quantitative estimate of drug-likeness (QED) is 0.908. The molecule has 0 radical (unpaired) electrons. The van der Waals surface area contributed by atoms with Gasteiger partial charge in [0.2, 0.25) is 0 Å². The number of aromatic nitrogens is 1. The van der Waals surface area contributed by atoms with Crippen LogP contribution in [0.2, 0.25) is 0 Å². The molecule has 0 unspecified atom stereocenters. The smallest absolute Gasteiger partial charge is 0.333 e. The highest BCUT2D eigenvalue weighted by Gasteiger charge is 2.32. The number of benzene rings is 1. The molecule has 0 fully saturated rings. The Balaban J connectivity index is 2.12. The maximum absolute atomic E-state index is 11.6. The standard InChI is InChI=1S/C14H11NO4S2/c1-19-8-4-2-7(3-5-8)10-9(13(16)17)6-20-12-11(10)21-14(18)15-12/h2-6,10H,1H3,(H,15,18)(H,16,17)/t10-/m1/s1. The Hall–Kier alpha value is -1.99. The van der Waals surface area contributed by atoms with Crippen LogP contribution in [-0.4, -0.2) is 23.2 Å². The number of fused-ring (bicyclic) bond motifs is 1. The predicted molar refractivity (Wildman–Crippen MR) is 81.4 cm³/mol. The minimum atomic E-state index is -0.977. The normalized spacial score (nSPS) is 17.0. The van der Waals surface area contributed by atoms with Crippen LogP contribution >= 0.6 is 23.1 Å². The van der Waals surface area contributed by atoms with Crippen molar-refractivity contribution in [2.45, 2.75) is 10.9 Å². The number of methoxy groups -OCH3 is 1.